The second-order valence-electron chi connectivity index (χ2n) is 3.67. The molecular weight excluding hydrogens is 293 g/mol. The van der Waals surface area contributed by atoms with E-state index in [0.717, 1.165) is 11.0 Å². The fraction of sp³-hybridized carbons (Fsp3) is 0. The number of imidazole rings is 1. The van der Waals surface area contributed by atoms with Crippen LogP contribution in [0.2, 0.25) is 15.2 Å². The maximum atomic E-state index is 6.14. The van der Waals surface area contributed by atoms with E-state index < -0.39 is 0 Å². The topological polar surface area (TPSA) is 30.7 Å². The Hall–Kier alpha value is -1.29. The van der Waals surface area contributed by atoms with Gasteiger partial charge in [-0.3, -0.25) is 4.57 Å². The van der Waals surface area contributed by atoms with Gasteiger partial charge in [-0.25, -0.2) is 9.97 Å². The van der Waals surface area contributed by atoms with Gasteiger partial charge in [0.15, 0.2) is 5.82 Å². The predicted octanol–water partition coefficient (Wildman–Crippen LogP) is 4.38. The largest absolute Gasteiger partial charge is 0.282 e. The van der Waals surface area contributed by atoms with E-state index in [-0.39, 0.29) is 5.15 Å². The van der Waals surface area contributed by atoms with Crippen molar-refractivity contribution in [3.63, 3.8) is 0 Å². The first-order chi connectivity index (χ1) is 8.66. The zero-order valence-electron chi connectivity index (χ0n) is 8.94. The summed E-state index contributed by atoms with van der Waals surface area (Å²) in [5, 5.41) is 0.969. The van der Waals surface area contributed by atoms with Crippen molar-refractivity contribution in [2.75, 3.05) is 0 Å². The lowest BCUT2D eigenvalue weighted by molar-refractivity contribution is 1.02. The highest BCUT2D eigenvalue weighted by atomic mass is 35.5. The third kappa shape index (κ3) is 1.85. The van der Waals surface area contributed by atoms with Crippen LogP contribution in [0.3, 0.4) is 0 Å². The van der Waals surface area contributed by atoms with E-state index in [1.807, 2.05) is 24.3 Å². The molecule has 0 fully saturated rings. The van der Waals surface area contributed by atoms with E-state index in [2.05, 4.69) is 9.97 Å². The molecule has 0 atom stereocenters. The number of nitrogens with zero attached hydrogens (tertiary/aromatic N) is 3. The SMILES string of the molecule is Clc1cc(Cl)c(-n2cnc3ccccc32)nc1Cl. The van der Waals surface area contributed by atoms with Gasteiger partial charge < -0.3 is 0 Å². The highest BCUT2D eigenvalue weighted by molar-refractivity contribution is 6.42. The molecular formula is C12H6Cl3N3. The molecule has 2 aromatic heterocycles. The van der Waals surface area contributed by atoms with E-state index in [9.17, 15) is 0 Å². The highest BCUT2D eigenvalue weighted by Gasteiger charge is 2.12. The molecule has 3 nitrogen and oxygen atoms in total. The minimum atomic E-state index is 0.217. The van der Waals surface area contributed by atoms with Crippen molar-refractivity contribution in [1.29, 1.82) is 0 Å². The molecule has 0 bridgehead atoms. The van der Waals surface area contributed by atoms with Crippen molar-refractivity contribution in [1.82, 2.24) is 14.5 Å². The van der Waals surface area contributed by atoms with Crippen LogP contribution in [0, 0.1) is 0 Å². The Labute approximate surface area is 118 Å². The summed E-state index contributed by atoms with van der Waals surface area (Å²) in [7, 11) is 0. The van der Waals surface area contributed by atoms with Gasteiger partial charge >= 0.3 is 0 Å². The molecule has 0 aliphatic rings. The first kappa shape index (κ1) is 11.8. The lowest BCUT2D eigenvalue weighted by Gasteiger charge is -2.07. The van der Waals surface area contributed by atoms with Gasteiger partial charge in [-0.05, 0) is 18.2 Å². The fourth-order valence-electron chi connectivity index (χ4n) is 1.73. The van der Waals surface area contributed by atoms with Crippen LogP contribution in [0.1, 0.15) is 0 Å². The monoisotopic (exact) mass is 297 g/mol. The molecule has 6 heteroatoms. The van der Waals surface area contributed by atoms with Gasteiger partial charge in [0.1, 0.15) is 11.5 Å². The van der Waals surface area contributed by atoms with Crippen molar-refractivity contribution in [2.24, 2.45) is 0 Å². The maximum absolute atomic E-state index is 6.14. The first-order valence-electron chi connectivity index (χ1n) is 5.11. The maximum Gasteiger partial charge on any atom is 0.159 e. The number of halogens is 3. The number of hydrogen-bond donors (Lipinski definition) is 0. The third-order valence-corrected chi connectivity index (χ3v) is 3.50. The van der Waals surface area contributed by atoms with E-state index in [1.54, 1.807) is 17.0 Å². The Morgan fingerprint density at radius 1 is 1.00 bits per heavy atom. The second-order valence-corrected chi connectivity index (χ2v) is 4.84. The zero-order valence-corrected chi connectivity index (χ0v) is 11.2. The number of para-hydroxylation sites is 2. The van der Waals surface area contributed by atoms with Crippen LogP contribution in [0.4, 0.5) is 0 Å². The minimum absolute atomic E-state index is 0.217. The lowest BCUT2D eigenvalue weighted by atomic mass is 10.3. The Morgan fingerprint density at radius 3 is 2.61 bits per heavy atom. The Bertz CT molecular complexity index is 737. The van der Waals surface area contributed by atoms with Crippen molar-refractivity contribution < 1.29 is 0 Å². The molecule has 0 saturated heterocycles. The van der Waals surface area contributed by atoms with E-state index in [0.29, 0.717) is 15.9 Å². The molecule has 3 aromatic rings. The standard InChI is InChI=1S/C12H6Cl3N3/c13-7-5-8(14)12(17-11(7)15)18-6-16-9-3-1-2-4-10(9)18/h1-6H. The van der Waals surface area contributed by atoms with Crippen LogP contribution in [0.15, 0.2) is 36.7 Å². The van der Waals surface area contributed by atoms with E-state index >= 15 is 0 Å². The molecule has 0 aliphatic carbocycles. The summed E-state index contributed by atoms with van der Waals surface area (Å²) >= 11 is 17.9. The van der Waals surface area contributed by atoms with Crippen LogP contribution in [0.5, 0.6) is 0 Å². The molecule has 3 rings (SSSR count). The van der Waals surface area contributed by atoms with Gasteiger partial charge in [0.05, 0.1) is 21.1 Å². The molecule has 0 amide bonds. The summed E-state index contributed by atoms with van der Waals surface area (Å²) in [6.07, 6.45) is 1.66. The molecule has 0 unspecified atom stereocenters. The number of rotatable bonds is 1. The third-order valence-electron chi connectivity index (χ3n) is 2.55. The molecule has 0 N–H and O–H groups in total. The average Bonchev–Trinajstić information content (AvgIpc) is 2.78. The van der Waals surface area contributed by atoms with Crippen LogP contribution < -0.4 is 0 Å². The van der Waals surface area contributed by atoms with Crippen molar-refractivity contribution >= 4 is 45.8 Å². The van der Waals surface area contributed by atoms with Gasteiger partial charge in [-0.1, -0.05) is 46.9 Å². The van der Waals surface area contributed by atoms with Gasteiger partial charge in [-0.2, -0.15) is 0 Å². The molecule has 90 valence electrons. The predicted molar refractivity (Wildman–Crippen MR) is 73.9 cm³/mol. The minimum Gasteiger partial charge on any atom is -0.282 e. The highest BCUT2D eigenvalue weighted by Crippen LogP contribution is 2.29. The Balaban J connectivity index is 2.29. The van der Waals surface area contributed by atoms with Gasteiger partial charge in [-0.15, -0.1) is 0 Å². The quantitative estimate of drug-likeness (QED) is 0.624. The summed E-state index contributed by atoms with van der Waals surface area (Å²) in [6, 6.07) is 9.26. The second kappa shape index (κ2) is 4.43. The molecule has 0 radical (unpaired) electrons. The number of fused-ring (bicyclic) bond motifs is 1. The van der Waals surface area contributed by atoms with E-state index in [4.69, 9.17) is 34.8 Å². The Morgan fingerprint density at radius 2 is 1.78 bits per heavy atom. The fourth-order valence-corrected chi connectivity index (χ4v) is 2.32. The Kier molecular flexibility index (Phi) is 2.90. The summed E-state index contributed by atoms with van der Waals surface area (Å²) < 4.78 is 1.78. The van der Waals surface area contributed by atoms with Crippen LogP contribution >= 0.6 is 34.8 Å². The lowest BCUT2D eigenvalue weighted by Crippen LogP contribution is -1.97. The summed E-state index contributed by atoms with van der Waals surface area (Å²) in [4.78, 5) is 8.47. The van der Waals surface area contributed by atoms with Crippen molar-refractivity contribution in [3.8, 4) is 5.82 Å². The smallest absolute Gasteiger partial charge is 0.159 e. The number of pyridine rings is 1. The van der Waals surface area contributed by atoms with Crippen LogP contribution in [0.25, 0.3) is 16.9 Å². The molecule has 18 heavy (non-hydrogen) atoms. The molecule has 0 aliphatic heterocycles. The normalized spacial score (nSPS) is 11.1. The summed E-state index contributed by atoms with van der Waals surface area (Å²) in [5.41, 5.74) is 1.77. The number of benzene rings is 1. The summed E-state index contributed by atoms with van der Waals surface area (Å²) in [6.45, 7) is 0. The summed E-state index contributed by atoms with van der Waals surface area (Å²) in [5.74, 6) is 0.514. The first-order valence-corrected chi connectivity index (χ1v) is 6.24. The van der Waals surface area contributed by atoms with Gasteiger partial charge in [0, 0.05) is 0 Å². The average molecular weight is 299 g/mol. The van der Waals surface area contributed by atoms with E-state index in [1.165, 1.54) is 0 Å². The molecule has 0 saturated carbocycles. The van der Waals surface area contributed by atoms with Crippen molar-refractivity contribution in [2.45, 2.75) is 0 Å². The zero-order chi connectivity index (χ0) is 12.7. The van der Waals surface area contributed by atoms with Crippen molar-refractivity contribution in [3.05, 3.63) is 51.9 Å². The number of hydrogen-bond acceptors (Lipinski definition) is 2. The van der Waals surface area contributed by atoms with Gasteiger partial charge in [0.2, 0.25) is 0 Å². The van der Waals surface area contributed by atoms with Gasteiger partial charge in [0.25, 0.3) is 0 Å². The number of aromatic nitrogens is 3. The van der Waals surface area contributed by atoms with Crippen LogP contribution in [-0.4, -0.2) is 14.5 Å². The van der Waals surface area contributed by atoms with Crippen LogP contribution in [-0.2, 0) is 0 Å². The molecule has 1 aromatic carbocycles. The molecule has 0 spiro atoms. The molecule has 2 heterocycles.